The van der Waals surface area contributed by atoms with Gasteiger partial charge in [-0.2, -0.15) is 0 Å². The predicted molar refractivity (Wildman–Crippen MR) is 82.6 cm³/mol. The van der Waals surface area contributed by atoms with E-state index in [1.807, 2.05) is 0 Å². The molecule has 0 bridgehead atoms. The number of hydrogen-bond donors (Lipinski definition) is 1. The molecule has 3 heteroatoms. The molecule has 1 aromatic carbocycles. The van der Waals surface area contributed by atoms with Gasteiger partial charge in [0.05, 0.1) is 0 Å². The van der Waals surface area contributed by atoms with Gasteiger partial charge in [0.25, 0.3) is 0 Å². The minimum Gasteiger partial charge on any atom is -0.367 e. The van der Waals surface area contributed by atoms with Crippen LogP contribution in [-0.2, 0) is 0 Å². The summed E-state index contributed by atoms with van der Waals surface area (Å²) in [5.41, 5.74) is 8.66. The molecule has 1 aliphatic heterocycles. The fraction of sp³-hybridized carbons (Fsp3) is 0.625. The normalized spacial score (nSPS) is 21.1. The zero-order valence-electron chi connectivity index (χ0n) is 12.5. The number of nitrogens with zero attached hydrogens (tertiary/aromatic N) is 2. The van der Waals surface area contributed by atoms with Gasteiger partial charge >= 0.3 is 0 Å². The highest BCUT2D eigenvalue weighted by atomic mass is 15.2. The van der Waals surface area contributed by atoms with Crippen molar-refractivity contribution in [2.45, 2.75) is 38.3 Å². The molecule has 1 fully saturated rings. The molecule has 1 heterocycles. The molecule has 0 aliphatic carbocycles. The topological polar surface area (TPSA) is 32.5 Å². The SMILES string of the molecule is CC[C@H](N)c1ccc(N2CCCC2CN(C)C)cc1. The zero-order chi connectivity index (χ0) is 13.8. The second-order valence-electron chi connectivity index (χ2n) is 5.86. The Morgan fingerprint density at radius 3 is 2.58 bits per heavy atom. The van der Waals surface area contributed by atoms with Crippen molar-refractivity contribution < 1.29 is 0 Å². The van der Waals surface area contributed by atoms with Gasteiger partial charge in [-0.1, -0.05) is 19.1 Å². The van der Waals surface area contributed by atoms with E-state index in [4.69, 9.17) is 5.73 Å². The van der Waals surface area contributed by atoms with E-state index in [0.29, 0.717) is 6.04 Å². The Morgan fingerprint density at radius 2 is 2.00 bits per heavy atom. The molecule has 1 unspecified atom stereocenters. The maximum absolute atomic E-state index is 6.07. The van der Waals surface area contributed by atoms with Gasteiger partial charge in [-0.25, -0.2) is 0 Å². The van der Waals surface area contributed by atoms with E-state index < -0.39 is 0 Å². The molecule has 0 radical (unpaired) electrons. The third-order valence-electron chi connectivity index (χ3n) is 4.05. The molecule has 1 aromatic rings. The molecule has 3 nitrogen and oxygen atoms in total. The lowest BCUT2D eigenvalue weighted by Gasteiger charge is -2.29. The summed E-state index contributed by atoms with van der Waals surface area (Å²) in [5.74, 6) is 0. The molecule has 0 aromatic heterocycles. The molecule has 0 saturated carbocycles. The Bertz CT molecular complexity index is 385. The van der Waals surface area contributed by atoms with Crippen LogP contribution in [0.15, 0.2) is 24.3 Å². The second-order valence-corrected chi connectivity index (χ2v) is 5.86. The fourth-order valence-corrected chi connectivity index (χ4v) is 2.94. The zero-order valence-corrected chi connectivity index (χ0v) is 12.5. The number of nitrogens with two attached hydrogens (primary N) is 1. The number of benzene rings is 1. The second kappa shape index (κ2) is 6.40. The molecule has 1 saturated heterocycles. The van der Waals surface area contributed by atoms with Gasteiger partial charge in [0, 0.05) is 30.9 Å². The molecule has 2 rings (SSSR count). The van der Waals surface area contributed by atoms with Crippen LogP contribution in [0.2, 0.25) is 0 Å². The summed E-state index contributed by atoms with van der Waals surface area (Å²) < 4.78 is 0. The lowest BCUT2D eigenvalue weighted by Crippen LogP contribution is -2.37. The third kappa shape index (κ3) is 3.48. The number of likely N-dealkylation sites (N-methyl/N-ethyl adjacent to an activating group) is 1. The van der Waals surface area contributed by atoms with Crippen LogP contribution in [-0.4, -0.2) is 38.1 Å². The van der Waals surface area contributed by atoms with Crippen molar-refractivity contribution in [3.63, 3.8) is 0 Å². The highest BCUT2D eigenvalue weighted by molar-refractivity contribution is 5.50. The first-order chi connectivity index (χ1) is 9.11. The summed E-state index contributed by atoms with van der Waals surface area (Å²) in [4.78, 5) is 4.83. The molecule has 0 amide bonds. The van der Waals surface area contributed by atoms with Crippen molar-refractivity contribution in [2.75, 3.05) is 32.1 Å². The van der Waals surface area contributed by atoms with E-state index in [1.54, 1.807) is 0 Å². The van der Waals surface area contributed by atoms with Crippen molar-refractivity contribution in [3.8, 4) is 0 Å². The van der Waals surface area contributed by atoms with Crippen LogP contribution in [0, 0.1) is 0 Å². The van der Waals surface area contributed by atoms with Crippen LogP contribution in [0.5, 0.6) is 0 Å². The summed E-state index contributed by atoms with van der Waals surface area (Å²) in [7, 11) is 4.31. The molecule has 106 valence electrons. The highest BCUT2D eigenvalue weighted by Crippen LogP contribution is 2.27. The van der Waals surface area contributed by atoms with E-state index in [2.05, 4.69) is 55.1 Å². The predicted octanol–water partition coefficient (Wildman–Crippen LogP) is 2.63. The average Bonchev–Trinajstić information content (AvgIpc) is 2.85. The van der Waals surface area contributed by atoms with Gasteiger partial charge in [0.1, 0.15) is 0 Å². The van der Waals surface area contributed by atoms with E-state index in [-0.39, 0.29) is 6.04 Å². The molecule has 19 heavy (non-hydrogen) atoms. The summed E-state index contributed by atoms with van der Waals surface area (Å²) in [6, 6.07) is 9.67. The van der Waals surface area contributed by atoms with Crippen molar-refractivity contribution in [3.05, 3.63) is 29.8 Å². The third-order valence-corrected chi connectivity index (χ3v) is 4.05. The molecule has 1 aliphatic rings. The van der Waals surface area contributed by atoms with Gasteiger partial charge in [0.15, 0.2) is 0 Å². The minimum absolute atomic E-state index is 0.171. The largest absolute Gasteiger partial charge is 0.367 e. The van der Waals surface area contributed by atoms with Crippen molar-refractivity contribution in [2.24, 2.45) is 5.73 Å². The van der Waals surface area contributed by atoms with E-state index >= 15 is 0 Å². The fourth-order valence-electron chi connectivity index (χ4n) is 2.94. The van der Waals surface area contributed by atoms with E-state index in [9.17, 15) is 0 Å². The van der Waals surface area contributed by atoms with Gasteiger partial charge in [0.2, 0.25) is 0 Å². The smallest absolute Gasteiger partial charge is 0.0417 e. The number of hydrogen-bond acceptors (Lipinski definition) is 3. The van der Waals surface area contributed by atoms with Crippen LogP contribution in [0.3, 0.4) is 0 Å². The van der Waals surface area contributed by atoms with Crippen LogP contribution >= 0.6 is 0 Å². The van der Waals surface area contributed by atoms with Gasteiger partial charge in [-0.05, 0) is 51.1 Å². The first-order valence-corrected chi connectivity index (χ1v) is 7.38. The molecule has 0 spiro atoms. The molecular formula is C16H27N3. The first kappa shape index (κ1) is 14.4. The van der Waals surface area contributed by atoms with Gasteiger partial charge < -0.3 is 15.5 Å². The molecular weight excluding hydrogens is 234 g/mol. The van der Waals surface area contributed by atoms with Crippen LogP contribution in [0.1, 0.15) is 37.8 Å². The quantitative estimate of drug-likeness (QED) is 0.884. The summed E-state index contributed by atoms with van der Waals surface area (Å²) in [5, 5.41) is 0. The van der Waals surface area contributed by atoms with E-state index in [1.165, 1.54) is 30.6 Å². The highest BCUT2D eigenvalue weighted by Gasteiger charge is 2.25. The number of rotatable bonds is 5. The lowest BCUT2D eigenvalue weighted by atomic mass is 10.0. The average molecular weight is 261 g/mol. The summed E-state index contributed by atoms with van der Waals surface area (Å²) in [6.07, 6.45) is 3.59. The van der Waals surface area contributed by atoms with Crippen molar-refractivity contribution >= 4 is 5.69 Å². The van der Waals surface area contributed by atoms with Crippen LogP contribution in [0.25, 0.3) is 0 Å². The Labute approximate surface area is 117 Å². The monoisotopic (exact) mass is 261 g/mol. The maximum atomic E-state index is 6.07. The number of anilines is 1. The summed E-state index contributed by atoms with van der Waals surface area (Å²) >= 11 is 0. The first-order valence-electron chi connectivity index (χ1n) is 7.38. The Morgan fingerprint density at radius 1 is 1.32 bits per heavy atom. The van der Waals surface area contributed by atoms with Gasteiger partial charge in [-0.15, -0.1) is 0 Å². The van der Waals surface area contributed by atoms with Crippen LogP contribution < -0.4 is 10.6 Å². The lowest BCUT2D eigenvalue weighted by molar-refractivity contribution is 0.372. The van der Waals surface area contributed by atoms with E-state index in [0.717, 1.165) is 13.0 Å². The Balaban J connectivity index is 2.08. The van der Waals surface area contributed by atoms with Crippen molar-refractivity contribution in [1.82, 2.24) is 4.90 Å². The minimum atomic E-state index is 0.171. The maximum Gasteiger partial charge on any atom is 0.0417 e. The van der Waals surface area contributed by atoms with Crippen molar-refractivity contribution in [1.29, 1.82) is 0 Å². The Hall–Kier alpha value is -1.06. The Kier molecular flexibility index (Phi) is 4.83. The van der Waals surface area contributed by atoms with Gasteiger partial charge in [-0.3, -0.25) is 0 Å². The standard InChI is InChI=1S/C16H27N3/c1-4-16(17)13-7-9-14(10-8-13)19-11-5-6-15(19)12-18(2)3/h7-10,15-16H,4-6,11-12,17H2,1-3H3/t15?,16-/m0/s1. The van der Waals surface area contributed by atoms with Crippen LogP contribution in [0.4, 0.5) is 5.69 Å². The molecule has 2 atom stereocenters. The molecule has 2 N–H and O–H groups in total. The summed E-state index contributed by atoms with van der Waals surface area (Å²) in [6.45, 7) is 4.44.